The summed E-state index contributed by atoms with van der Waals surface area (Å²) >= 11 is 0. The highest BCUT2D eigenvalue weighted by Gasteiger charge is 2.73. The van der Waals surface area contributed by atoms with E-state index in [0.717, 1.165) is 0 Å². The Morgan fingerprint density at radius 2 is 1.08 bits per heavy atom. The molecule has 1 heterocycles. The Hall–Kier alpha value is -0.460. The van der Waals surface area contributed by atoms with Crippen LogP contribution in [0.1, 0.15) is 0 Å². The summed E-state index contributed by atoms with van der Waals surface area (Å²) in [5.41, 5.74) is 0. The van der Waals surface area contributed by atoms with Crippen molar-refractivity contribution in [2.24, 2.45) is 0 Å². The van der Waals surface area contributed by atoms with Gasteiger partial charge < -0.3 is 5.32 Å². The van der Waals surface area contributed by atoms with Crippen molar-refractivity contribution in [3.63, 3.8) is 0 Å². The number of rotatable bonds is 0. The second-order valence-corrected chi connectivity index (χ2v) is 2.59. The van der Waals surface area contributed by atoms with Gasteiger partial charge >= 0.3 is 17.8 Å². The van der Waals surface area contributed by atoms with E-state index >= 15 is 0 Å². The maximum absolute atomic E-state index is 12.2. The fourth-order valence-corrected chi connectivity index (χ4v) is 0.866. The van der Waals surface area contributed by atoms with Gasteiger partial charge in [-0.1, -0.05) is 0 Å². The highest BCUT2D eigenvalue weighted by atomic mass is 19.3. The van der Waals surface area contributed by atoms with Crippen molar-refractivity contribution >= 4 is 0 Å². The first-order valence-corrected chi connectivity index (χ1v) is 3.05. The van der Waals surface area contributed by atoms with Gasteiger partial charge in [-0.05, 0) is 0 Å². The van der Waals surface area contributed by atoms with Gasteiger partial charge in [0.1, 0.15) is 0 Å². The molecule has 1 aliphatic rings. The molecule has 1 nitrogen and oxygen atoms in total. The van der Waals surface area contributed by atoms with Crippen LogP contribution in [0.25, 0.3) is 0 Å². The lowest BCUT2D eigenvalue weighted by molar-refractivity contribution is -0.319. The van der Waals surface area contributed by atoms with E-state index in [2.05, 4.69) is 0 Å². The highest BCUT2D eigenvalue weighted by Crippen LogP contribution is 2.46. The fourth-order valence-electron chi connectivity index (χ4n) is 0.866. The van der Waals surface area contributed by atoms with Crippen LogP contribution in [0.15, 0.2) is 0 Å². The number of hydrogen-bond acceptors (Lipinski definition) is 1. The van der Waals surface area contributed by atoms with Crippen LogP contribution in [0.2, 0.25) is 0 Å². The molecule has 0 aromatic carbocycles. The molecule has 12 heavy (non-hydrogen) atoms. The van der Waals surface area contributed by atoms with Crippen molar-refractivity contribution in [3.05, 3.63) is 0 Å². The molecular weight excluding hydrogens is 188 g/mol. The molecule has 0 bridgehead atoms. The highest BCUT2D eigenvalue weighted by molar-refractivity contribution is 5.02. The molecule has 1 N–H and O–H groups in total. The predicted octanol–water partition coefficient (Wildman–Crippen LogP) is 1.50. The maximum atomic E-state index is 12.2. The minimum atomic E-state index is -5.26. The Balaban J connectivity index is 2.99. The molecule has 1 fully saturated rings. The number of alkyl halides is 6. The normalized spacial score (nSPS) is 31.5. The molecule has 0 spiro atoms. The lowest BCUT2D eigenvalue weighted by Gasteiger charge is -2.37. The van der Waals surface area contributed by atoms with E-state index < -0.39 is 30.9 Å². The van der Waals surface area contributed by atoms with Gasteiger partial charge in [-0.2, -0.15) is 26.3 Å². The number of halogens is 6. The van der Waals surface area contributed by atoms with Gasteiger partial charge in [0.05, 0.1) is 13.1 Å². The molecule has 0 aliphatic carbocycles. The van der Waals surface area contributed by atoms with Crippen molar-refractivity contribution in [1.29, 1.82) is 0 Å². The van der Waals surface area contributed by atoms with E-state index in [1.165, 1.54) is 0 Å². The Kier molecular flexibility index (Phi) is 1.82. The predicted molar refractivity (Wildman–Crippen MR) is 27.7 cm³/mol. The first-order valence-electron chi connectivity index (χ1n) is 3.05. The van der Waals surface area contributed by atoms with Gasteiger partial charge in [-0.25, -0.2) is 0 Å². The average molecular weight is 193 g/mol. The summed E-state index contributed by atoms with van der Waals surface area (Å²) in [4.78, 5) is 0. The van der Waals surface area contributed by atoms with Crippen LogP contribution in [-0.2, 0) is 0 Å². The molecule has 0 unspecified atom stereocenters. The summed E-state index contributed by atoms with van der Waals surface area (Å²) in [5, 5.41) is 1.54. The standard InChI is InChI=1S/C5H5F6N/c6-3(7)1-12-2-4(8,9)5(3,10)11/h12H,1-2H2. The van der Waals surface area contributed by atoms with Crippen molar-refractivity contribution in [1.82, 2.24) is 5.32 Å². The summed E-state index contributed by atoms with van der Waals surface area (Å²) in [5.74, 6) is -14.6. The Bertz CT molecular complexity index is 170. The van der Waals surface area contributed by atoms with Gasteiger partial charge in [-0.3, -0.25) is 0 Å². The summed E-state index contributed by atoms with van der Waals surface area (Å²) < 4.78 is 73.2. The zero-order chi connectivity index (χ0) is 9.62. The largest absolute Gasteiger partial charge is 0.374 e. The lowest BCUT2D eigenvalue weighted by atomic mass is 10.0. The third-order valence-electron chi connectivity index (χ3n) is 1.61. The second kappa shape index (κ2) is 2.27. The van der Waals surface area contributed by atoms with E-state index in [9.17, 15) is 26.3 Å². The van der Waals surface area contributed by atoms with Gasteiger partial charge in [0, 0.05) is 0 Å². The van der Waals surface area contributed by atoms with Crippen molar-refractivity contribution in [2.45, 2.75) is 17.8 Å². The van der Waals surface area contributed by atoms with Gasteiger partial charge in [0.2, 0.25) is 0 Å². The quantitative estimate of drug-likeness (QED) is 0.575. The SMILES string of the molecule is FC1(F)CNCC(F)(F)C1(F)F. The second-order valence-electron chi connectivity index (χ2n) is 2.59. The average Bonchev–Trinajstić information content (AvgIpc) is 1.83. The molecule has 72 valence electrons. The van der Waals surface area contributed by atoms with E-state index in [1.807, 2.05) is 0 Å². The molecular formula is C5H5F6N. The van der Waals surface area contributed by atoms with Crippen LogP contribution >= 0.6 is 0 Å². The Labute approximate surface area is 63.7 Å². The van der Waals surface area contributed by atoms with E-state index in [4.69, 9.17) is 0 Å². The van der Waals surface area contributed by atoms with Crippen molar-refractivity contribution < 1.29 is 26.3 Å². The molecule has 1 rings (SSSR count). The number of hydrogen-bond donors (Lipinski definition) is 1. The molecule has 0 aromatic rings. The number of piperidine rings is 1. The monoisotopic (exact) mass is 193 g/mol. The van der Waals surface area contributed by atoms with Crippen LogP contribution in [-0.4, -0.2) is 30.9 Å². The van der Waals surface area contributed by atoms with Crippen LogP contribution in [0.5, 0.6) is 0 Å². The smallest absolute Gasteiger partial charge is 0.305 e. The van der Waals surface area contributed by atoms with E-state index in [-0.39, 0.29) is 0 Å². The van der Waals surface area contributed by atoms with Crippen LogP contribution in [0.4, 0.5) is 26.3 Å². The van der Waals surface area contributed by atoms with E-state index in [1.54, 1.807) is 5.32 Å². The van der Waals surface area contributed by atoms with Crippen molar-refractivity contribution in [3.8, 4) is 0 Å². The summed E-state index contributed by atoms with van der Waals surface area (Å²) in [7, 11) is 0. The number of nitrogens with one attached hydrogen (secondary N) is 1. The fraction of sp³-hybridized carbons (Fsp3) is 1.00. The van der Waals surface area contributed by atoms with Crippen LogP contribution in [0, 0.1) is 0 Å². The molecule has 1 aliphatic heterocycles. The molecule has 0 radical (unpaired) electrons. The minimum absolute atomic E-state index is 1.42. The molecule has 0 amide bonds. The molecule has 1 saturated heterocycles. The third kappa shape index (κ3) is 1.07. The van der Waals surface area contributed by atoms with Crippen LogP contribution < -0.4 is 5.32 Å². The molecule has 7 heteroatoms. The minimum Gasteiger partial charge on any atom is -0.305 e. The summed E-state index contributed by atoms with van der Waals surface area (Å²) in [6.45, 7) is -2.84. The van der Waals surface area contributed by atoms with E-state index in [0.29, 0.717) is 0 Å². The third-order valence-corrected chi connectivity index (χ3v) is 1.61. The van der Waals surface area contributed by atoms with Gasteiger partial charge in [0.25, 0.3) is 0 Å². The van der Waals surface area contributed by atoms with Crippen molar-refractivity contribution in [2.75, 3.05) is 13.1 Å². The van der Waals surface area contributed by atoms with Gasteiger partial charge in [-0.15, -0.1) is 0 Å². The zero-order valence-electron chi connectivity index (χ0n) is 5.68. The topological polar surface area (TPSA) is 12.0 Å². The maximum Gasteiger partial charge on any atom is 0.374 e. The first-order chi connectivity index (χ1) is 5.21. The molecule has 0 aromatic heterocycles. The lowest BCUT2D eigenvalue weighted by Crippen LogP contribution is -2.66. The van der Waals surface area contributed by atoms with Crippen LogP contribution in [0.3, 0.4) is 0 Å². The van der Waals surface area contributed by atoms with Gasteiger partial charge in [0.15, 0.2) is 0 Å². The summed E-state index contributed by atoms with van der Waals surface area (Å²) in [6.07, 6.45) is 0. The molecule has 0 atom stereocenters. The zero-order valence-corrected chi connectivity index (χ0v) is 5.68. The molecule has 0 saturated carbocycles. The first kappa shape index (κ1) is 9.63. The Morgan fingerprint density at radius 1 is 0.750 bits per heavy atom. The Morgan fingerprint density at radius 3 is 1.33 bits per heavy atom. The summed E-state index contributed by atoms with van der Waals surface area (Å²) in [6, 6.07) is 0.